The van der Waals surface area contributed by atoms with E-state index in [4.69, 9.17) is 0 Å². The van der Waals surface area contributed by atoms with E-state index in [1.54, 1.807) is 7.05 Å². The van der Waals surface area contributed by atoms with E-state index in [1.807, 2.05) is 0 Å². The molecule has 1 saturated carbocycles. The van der Waals surface area contributed by atoms with Crippen LogP contribution in [0.5, 0.6) is 0 Å². The molecule has 1 amide bonds. The fourth-order valence-corrected chi connectivity index (χ4v) is 5.81. The number of carbonyl (C=O) groups excluding carboxylic acids is 1. The summed E-state index contributed by atoms with van der Waals surface area (Å²) in [5, 5.41) is 12.8. The van der Waals surface area contributed by atoms with Crippen molar-refractivity contribution in [2.75, 3.05) is 33.7 Å². The van der Waals surface area contributed by atoms with Gasteiger partial charge >= 0.3 is 0 Å². The molecule has 0 aromatic carbocycles. The van der Waals surface area contributed by atoms with Crippen molar-refractivity contribution in [3.8, 4) is 0 Å². The molecule has 0 radical (unpaired) electrons. The molecular formula is C20H38N6O. The van der Waals surface area contributed by atoms with Gasteiger partial charge in [0.05, 0.1) is 6.17 Å². The fourth-order valence-electron chi connectivity index (χ4n) is 5.81. The Balaban J connectivity index is 1.43. The molecule has 4 N–H and O–H groups in total. The predicted molar refractivity (Wildman–Crippen MR) is 107 cm³/mol. The summed E-state index contributed by atoms with van der Waals surface area (Å²) in [6.45, 7) is 3.22. The van der Waals surface area contributed by atoms with E-state index in [0.29, 0.717) is 36.6 Å². The Kier molecular flexibility index (Phi) is 6.34. The van der Waals surface area contributed by atoms with E-state index in [9.17, 15) is 4.79 Å². The maximum atomic E-state index is 11.9. The van der Waals surface area contributed by atoms with Gasteiger partial charge in [-0.25, -0.2) is 5.01 Å². The Morgan fingerprint density at radius 2 is 1.93 bits per heavy atom. The maximum Gasteiger partial charge on any atom is 0.221 e. The number of amides is 1. The molecule has 7 heteroatoms. The van der Waals surface area contributed by atoms with Crippen molar-refractivity contribution >= 4 is 5.91 Å². The quantitative estimate of drug-likeness (QED) is 0.550. The SMILES string of the molecule is CNC(=O)CC1CN2CC(NC3CCCCC3)CC(C3CCN(C)N3)C2N1. The normalized spacial score (nSPS) is 38.8. The van der Waals surface area contributed by atoms with Crippen molar-refractivity contribution in [1.82, 2.24) is 31.3 Å². The van der Waals surface area contributed by atoms with Gasteiger partial charge in [0, 0.05) is 70.2 Å². The van der Waals surface area contributed by atoms with Crippen LogP contribution in [0.25, 0.3) is 0 Å². The highest BCUT2D eigenvalue weighted by atomic mass is 16.1. The lowest BCUT2D eigenvalue weighted by molar-refractivity contribution is -0.121. The molecule has 7 nitrogen and oxygen atoms in total. The molecule has 5 unspecified atom stereocenters. The average molecular weight is 379 g/mol. The smallest absolute Gasteiger partial charge is 0.221 e. The first-order chi connectivity index (χ1) is 13.1. The second-order valence-corrected chi connectivity index (χ2v) is 9.18. The second-order valence-electron chi connectivity index (χ2n) is 9.18. The molecule has 5 atom stereocenters. The second kappa shape index (κ2) is 8.74. The zero-order valence-electron chi connectivity index (χ0n) is 17.0. The molecule has 0 aromatic heterocycles. The fraction of sp³-hybridized carbons (Fsp3) is 0.950. The summed E-state index contributed by atoms with van der Waals surface area (Å²) in [5.74, 6) is 0.721. The van der Waals surface area contributed by atoms with Crippen LogP contribution in [-0.4, -0.2) is 79.9 Å². The first kappa shape index (κ1) is 19.6. The van der Waals surface area contributed by atoms with Gasteiger partial charge in [-0.2, -0.15) is 0 Å². The van der Waals surface area contributed by atoms with Gasteiger partial charge in [0.25, 0.3) is 0 Å². The average Bonchev–Trinajstić information content (AvgIpc) is 3.27. The number of hydrogen-bond donors (Lipinski definition) is 4. The Morgan fingerprint density at radius 1 is 1.11 bits per heavy atom. The highest BCUT2D eigenvalue weighted by molar-refractivity contribution is 5.76. The van der Waals surface area contributed by atoms with Crippen LogP contribution in [0.3, 0.4) is 0 Å². The zero-order chi connectivity index (χ0) is 18.8. The Labute approximate surface area is 164 Å². The highest BCUT2D eigenvalue weighted by Crippen LogP contribution is 2.33. The van der Waals surface area contributed by atoms with Crippen molar-refractivity contribution < 1.29 is 4.79 Å². The summed E-state index contributed by atoms with van der Waals surface area (Å²) in [4.78, 5) is 14.5. The maximum absolute atomic E-state index is 11.9. The number of rotatable bonds is 5. The molecule has 4 aliphatic rings. The summed E-state index contributed by atoms with van der Waals surface area (Å²) >= 11 is 0. The number of piperidine rings is 1. The van der Waals surface area contributed by atoms with Crippen molar-refractivity contribution in [2.45, 2.75) is 81.7 Å². The molecular weight excluding hydrogens is 340 g/mol. The van der Waals surface area contributed by atoms with Gasteiger partial charge in [0.15, 0.2) is 0 Å². The zero-order valence-corrected chi connectivity index (χ0v) is 17.0. The number of hydrazine groups is 1. The molecule has 27 heavy (non-hydrogen) atoms. The van der Waals surface area contributed by atoms with E-state index < -0.39 is 0 Å². The van der Waals surface area contributed by atoms with E-state index in [2.05, 4.69) is 38.3 Å². The summed E-state index contributed by atoms with van der Waals surface area (Å²) in [7, 11) is 3.88. The molecule has 1 aliphatic carbocycles. The van der Waals surface area contributed by atoms with Gasteiger partial charge in [-0.05, 0) is 25.7 Å². The van der Waals surface area contributed by atoms with Gasteiger partial charge in [-0.15, -0.1) is 0 Å². The minimum absolute atomic E-state index is 0.138. The number of hydrogen-bond acceptors (Lipinski definition) is 6. The molecule has 4 fully saturated rings. The number of carbonyl (C=O) groups is 1. The van der Waals surface area contributed by atoms with Gasteiger partial charge in [-0.3, -0.25) is 20.4 Å². The Morgan fingerprint density at radius 3 is 2.63 bits per heavy atom. The minimum atomic E-state index is 0.138. The van der Waals surface area contributed by atoms with Crippen LogP contribution in [0, 0.1) is 5.92 Å². The standard InChI is InChI=1S/C20H38N6O/c1-21-19(27)11-16-13-26-12-15(22-14-6-4-3-5-7-14)10-17(20(26)23-16)18-8-9-25(2)24-18/h14-18,20,22-24H,3-13H2,1-2H3,(H,21,27). The number of nitrogens with zero attached hydrogens (tertiary/aromatic N) is 2. The predicted octanol–water partition coefficient (Wildman–Crippen LogP) is 0.242. The lowest BCUT2D eigenvalue weighted by atomic mass is 9.84. The summed E-state index contributed by atoms with van der Waals surface area (Å²) < 4.78 is 0. The third kappa shape index (κ3) is 4.65. The van der Waals surface area contributed by atoms with E-state index in [0.717, 1.165) is 19.6 Å². The highest BCUT2D eigenvalue weighted by Gasteiger charge is 2.46. The lowest BCUT2D eigenvalue weighted by Crippen LogP contribution is -2.60. The topological polar surface area (TPSA) is 71.7 Å². The van der Waals surface area contributed by atoms with Crippen LogP contribution < -0.4 is 21.4 Å². The van der Waals surface area contributed by atoms with Gasteiger partial charge in [0.2, 0.25) is 5.91 Å². The summed E-state index contributed by atoms with van der Waals surface area (Å²) in [6.07, 6.45) is 10.3. The first-order valence-electron chi connectivity index (χ1n) is 11.1. The first-order valence-corrected chi connectivity index (χ1v) is 11.1. The van der Waals surface area contributed by atoms with Crippen molar-refractivity contribution in [3.63, 3.8) is 0 Å². The van der Waals surface area contributed by atoms with E-state index in [-0.39, 0.29) is 11.9 Å². The van der Waals surface area contributed by atoms with Crippen molar-refractivity contribution in [3.05, 3.63) is 0 Å². The lowest BCUT2D eigenvalue weighted by Gasteiger charge is -2.44. The van der Waals surface area contributed by atoms with Crippen LogP contribution in [0.2, 0.25) is 0 Å². The molecule has 3 aliphatic heterocycles. The monoisotopic (exact) mass is 378 g/mol. The van der Waals surface area contributed by atoms with Crippen LogP contribution in [0.1, 0.15) is 51.4 Å². The molecule has 0 aromatic rings. The van der Waals surface area contributed by atoms with E-state index >= 15 is 0 Å². The molecule has 154 valence electrons. The summed E-state index contributed by atoms with van der Waals surface area (Å²) in [5.41, 5.74) is 3.69. The third-order valence-corrected chi connectivity index (χ3v) is 7.14. The number of nitrogens with one attached hydrogen (secondary N) is 4. The van der Waals surface area contributed by atoms with Crippen LogP contribution in [-0.2, 0) is 4.79 Å². The van der Waals surface area contributed by atoms with Gasteiger partial charge in [0.1, 0.15) is 0 Å². The summed E-state index contributed by atoms with van der Waals surface area (Å²) in [6, 6.07) is 2.08. The van der Waals surface area contributed by atoms with Crippen molar-refractivity contribution in [2.24, 2.45) is 5.92 Å². The van der Waals surface area contributed by atoms with Gasteiger partial charge < -0.3 is 10.6 Å². The van der Waals surface area contributed by atoms with Crippen LogP contribution in [0.4, 0.5) is 0 Å². The minimum Gasteiger partial charge on any atom is -0.359 e. The Bertz CT molecular complexity index is 511. The molecule has 0 bridgehead atoms. The largest absolute Gasteiger partial charge is 0.359 e. The molecule has 0 spiro atoms. The Hall–Kier alpha value is -0.730. The van der Waals surface area contributed by atoms with Crippen LogP contribution >= 0.6 is 0 Å². The molecule has 4 rings (SSSR count). The third-order valence-electron chi connectivity index (χ3n) is 7.14. The van der Waals surface area contributed by atoms with E-state index in [1.165, 1.54) is 44.9 Å². The molecule has 3 heterocycles. The van der Waals surface area contributed by atoms with Crippen LogP contribution in [0.15, 0.2) is 0 Å². The van der Waals surface area contributed by atoms with Gasteiger partial charge in [-0.1, -0.05) is 19.3 Å². The molecule has 3 saturated heterocycles. The van der Waals surface area contributed by atoms with Crippen molar-refractivity contribution in [1.29, 1.82) is 0 Å². The number of fused-ring (bicyclic) bond motifs is 1.